The molecule has 0 atom stereocenters. The number of hydrogen-bond donors (Lipinski definition) is 2. The average molecular weight is 306 g/mol. The van der Waals surface area contributed by atoms with Crippen LogP contribution in [-0.4, -0.2) is 4.98 Å². The van der Waals surface area contributed by atoms with Crippen LogP contribution in [0.3, 0.4) is 0 Å². The number of aromatic nitrogens is 1. The van der Waals surface area contributed by atoms with E-state index in [0.29, 0.717) is 5.56 Å². The second-order valence-corrected chi connectivity index (χ2v) is 6.35. The van der Waals surface area contributed by atoms with Gasteiger partial charge in [-0.3, -0.25) is 4.79 Å². The molecule has 1 aliphatic rings. The minimum Gasteiger partial charge on any atom is -0.353 e. The highest BCUT2D eigenvalue weighted by Gasteiger charge is 2.21. The molecule has 22 heavy (non-hydrogen) atoms. The maximum Gasteiger partial charge on any atom is 0.258 e. The fourth-order valence-corrected chi connectivity index (χ4v) is 3.72. The molecule has 0 bridgehead atoms. The van der Waals surface area contributed by atoms with E-state index in [4.69, 9.17) is 0 Å². The molecule has 0 saturated heterocycles. The number of aryl methyl sites for hydroxylation is 1. The van der Waals surface area contributed by atoms with E-state index in [2.05, 4.69) is 16.4 Å². The van der Waals surface area contributed by atoms with Gasteiger partial charge in [0.05, 0.1) is 21.8 Å². The van der Waals surface area contributed by atoms with Crippen molar-refractivity contribution in [3.05, 3.63) is 70.6 Å². The molecule has 108 valence electrons. The van der Waals surface area contributed by atoms with Crippen LogP contribution >= 0.6 is 11.8 Å². The van der Waals surface area contributed by atoms with E-state index < -0.39 is 0 Å². The van der Waals surface area contributed by atoms with Crippen molar-refractivity contribution in [3.63, 3.8) is 0 Å². The molecule has 4 rings (SSSR count). The van der Waals surface area contributed by atoms with E-state index in [-0.39, 0.29) is 5.56 Å². The Hall–Kier alpha value is -2.46. The molecule has 0 spiro atoms. The Kier molecular flexibility index (Phi) is 3.05. The third-order valence-corrected chi connectivity index (χ3v) is 4.96. The minimum absolute atomic E-state index is 0.0690. The first kappa shape index (κ1) is 13.2. The maximum absolute atomic E-state index is 12.5. The zero-order valence-electron chi connectivity index (χ0n) is 12.0. The Labute approximate surface area is 132 Å². The van der Waals surface area contributed by atoms with Crippen LogP contribution in [0.25, 0.3) is 11.1 Å². The molecule has 1 aliphatic heterocycles. The molecule has 2 heterocycles. The van der Waals surface area contributed by atoms with Crippen molar-refractivity contribution in [2.45, 2.75) is 16.7 Å². The lowest BCUT2D eigenvalue weighted by Crippen LogP contribution is -2.14. The standard InChI is InChI=1S/C18H14N2OS/c1-11-6-2-3-7-12(11)16-17-15(10-19-18(16)21)22-14-9-5-4-8-13(14)20-17/h2-10,20H,1H3,(H,19,21). The molecule has 2 aromatic carbocycles. The number of para-hydroxylation sites is 1. The maximum atomic E-state index is 12.5. The van der Waals surface area contributed by atoms with Gasteiger partial charge in [0, 0.05) is 11.1 Å². The number of H-pyrrole nitrogens is 1. The van der Waals surface area contributed by atoms with E-state index in [1.807, 2.05) is 49.4 Å². The fraction of sp³-hybridized carbons (Fsp3) is 0.0556. The average Bonchev–Trinajstić information content (AvgIpc) is 2.54. The summed E-state index contributed by atoms with van der Waals surface area (Å²) in [6.07, 6.45) is 1.78. The van der Waals surface area contributed by atoms with E-state index >= 15 is 0 Å². The molecule has 3 aromatic rings. The van der Waals surface area contributed by atoms with Crippen molar-refractivity contribution >= 4 is 23.1 Å². The van der Waals surface area contributed by atoms with Crippen molar-refractivity contribution in [2.24, 2.45) is 0 Å². The van der Waals surface area contributed by atoms with Crippen molar-refractivity contribution in [2.75, 3.05) is 5.32 Å². The molecular formula is C18H14N2OS. The molecule has 1 aromatic heterocycles. The number of nitrogens with one attached hydrogen (secondary N) is 2. The summed E-state index contributed by atoms with van der Waals surface area (Å²) in [6, 6.07) is 16.1. The summed E-state index contributed by atoms with van der Waals surface area (Å²) < 4.78 is 0. The summed E-state index contributed by atoms with van der Waals surface area (Å²) in [7, 11) is 0. The van der Waals surface area contributed by atoms with Gasteiger partial charge in [0.15, 0.2) is 0 Å². The summed E-state index contributed by atoms with van der Waals surface area (Å²) in [4.78, 5) is 17.5. The highest BCUT2D eigenvalue weighted by atomic mass is 32.2. The number of hydrogen-bond acceptors (Lipinski definition) is 3. The number of anilines is 2. The molecule has 2 N–H and O–H groups in total. The van der Waals surface area contributed by atoms with Gasteiger partial charge in [-0.15, -0.1) is 0 Å². The molecule has 0 amide bonds. The van der Waals surface area contributed by atoms with Crippen LogP contribution in [-0.2, 0) is 0 Å². The lowest BCUT2D eigenvalue weighted by Gasteiger charge is -2.23. The normalized spacial score (nSPS) is 12.2. The van der Waals surface area contributed by atoms with E-state index in [1.54, 1.807) is 18.0 Å². The SMILES string of the molecule is Cc1ccccc1-c1c2c(c[nH]c1=O)Sc1ccccc1N2. The van der Waals surface area contributed by atoms with Gasteiger partial charge in [-0.2, -0.15) is 0 Å². The smallest absolute Gasteiger partial charge is 0.258 e. The van der Waals surface area contributed by atoms with Crippen LogP contribution in [0.15, 0.2) is 69.3 Å². The Balaban J connectivity index is 1.96. The van der Waals surface area contributed by atoms with Crippen LogP contribution in [0.1, 0.15) is 5.56 Å². The zero-order valence-corrected chi connectivity index (χ0v) is 12.8. The Morgan fingerprint density at radius 3 is 2.59 bits per heavy atom. The molecule has 0 unspecified atom stereocenters. The molecule has 0 saturated carbocycles. The van der Waals surface area contributed by atoms with Gasteiger partial charge in [-0.05, 0) is 30.2 Å². The third-order valence-electron chi connectivity index (χ3n) is 3.84. The van der Waals surface area contributed by atoms with Crippen molar-refractivity contribution in [1.29, 1.82) is 0 Å². The van der Waals surface area contributed by atoms with Crippen LogP contribution in [0.4, 0.5) is 11.4 Å². The molecule has 3 nitrogen and oxygen atoms in total. The highest BCUT2D eigenvalue weighted by Crippen LogP contribution is 2.46. The van der Waals surface area contributed by atoms with Crippen LogP contribution in [0.5, 0.6) is 0 Å². The monoisotopic (exact) mass is 306 g/mol. The first-order chi connectivity index (χ1) is 10.7. The predicted octanol–water partition coefficient (Wildman–Crippen LogP) is 4.56. The molecule has 0 radical (unpaired) electrons. The van der Waals surface area contributed by atoms with Gasteiger partial charge in [0.2, 0.25) is 0 Å². The number of fused-ring (bicyclic) bond motifs is 2. The number of rotatable bonds is 1. The summed E-state index contributed by atoms with van der Waals surface area (Å²) in [5, 5.41) is 3.43. The second kappa shape index (κ2) is 5.07. The quantitative estimate of drug-likeness (QED) is 0.542. The lowest BCUT2D eigenvalue weighted by atomic mass is 10.0. The first-order valence-corrected chi connectivity index (χ1v) is 7.91. The van der Waals surface area contributed by atoms with Crippen LogP contribution in [0.2, 0.25) is 0 Å². The Bertz CT molecular complexity index is 930. The minimum atomic E-state index is -0.0690. The van der Waals surface area contributed by atoms with Gasteiger partial charge in [0.25, 0.3) is 5.56 Å². The number of benzene rings is 2. The summed E-state index contributed by atoms with van der Waals surface area (Å²) in [6.45, 7) is 2.03. The van der Waals surface area contributed by atoms with Crippen molar-refractivity contribution < 1.29 is 0 Å². The van der Waals surface area contributed by atoms with Crippen LogP contribution < -0.4 is 10.9 Å². The summed E-state index contributed by atoms with van der Waals surface area (Å²) >= 11 is 1.67. The summed E-state index contributed by atoms with van der Waals surface area (Å²) in [5.41, 5.74) is 4.63. The fourth-order valence-electron chi connectivity index (χ4n) is 2.74. The topological polar surface area (TPSA) is 44.9 Å². The molecule has 0 fully saturated rings. The van der Waals surface area contributed by atoms with Crippen molar-refractivity contribution in [1.82, 2.24) is 4.98 Å². The number of pyridine rings is 1. The lowest BCUT2D eigenvalue weighted by molar-refractivity contribution is 1.16. The van der Waals surface area contributed by atoms with E-state index in [0.717, 1.165) is 32.3 Å². The van der Waals surface area contributed by atoms with Crippen molar-refractivity contribution in [3.8, 4) is 11.1 Å². The van der Waals surface area contributed by atoms with Gasteiger partial charge >= 0.3 is 0 Å². The Morgan fingerprint density at radius 2 is 1.73 bits per heavy atom. The van der Waals surface area contributed by atoms with E-state index in [1.165, 1.54) is 0 Å². The summed E-state index contributed by atoms with van der Waals surface area (Å²) in [5.74, 6) is 0. The van der Waals surface area contributed by atoms with Gasteiger partial charge < -0.3 is 10.3 Å². The van der Waals surface area contributed by atoms with Crippen LogP contribution in [0, 0.1) is 6.92 Å². The second-order valence-electron chi connectivity index (χ2n) is 5.27. The van der Waals surface area contributed by atoms with E-state index in [9.17, 15) is 4.79 Å². The van der Waals surface area contributed by atoms with Gasteiger partial charge in [-0.1, -0.05) is 48.2 Å². The predicted molar refractivity (Wildman–Crippen MR) is 91.1 cm³/mol. The zero-order chi connectivity index (χ0) is 15.1. The molecule has 4 heteroatoms. The molecular weight excluding hydrogens is 292 g/mol. The Morgan fingerprint density at radius 1 is 0.955 bits per heavy atom. The molecule has 0 aliphatic carbocycles. The number of aromatic amines is 1. The highest BCUT2D eigenvalue weighted by molar-refractivity contribution is 7.99. The first-order valence-electron chi connectivity index (χ1n) is 7.09. The van der Waals surface area contributed by atoms with Gasteiger partial charge in [-0.25, -0.2) is 0 Å². The third kappa shape index (κ3) is 2.04. The van der Waals surface area contributed by atoms with Gasteiger partial charge in [0.1, 0.15) is 0 Å². The largest absolute Gasteiger partial charge is 0.353 e.